The molecule has 1 N–H and O–H groups in total. The Morgan fingerprint density at radius 1 is 1.29 bits per heavy atom. The number of nitrogens with zero attached hydrogens (tertiary/aromatic N) is 3. The molecule has 1 amide bonds. The first-order chi connectivity index (χ1) is 10.1. The van der Waals surface area contributed by atoms with Crippen LogP contribution >= 0.6 is 0 Å². The third kappa shape index (κ3) is 3.53. The topological polar surface area (TPSA) is 58.1 Å². The van der Waals surface area contributed by atoms with E-state index in [9.17, 15) is 9.18 Å². The van der Waals surface area contributed by atoms with Crippen LogP contribution in [0.15, 0.2) is 36.7 Å². The van der Waals surface area contributed by atoms with E-state index in [1.807, 2.05) is 6.92 Å². The molecular formula is C15H17FN4O. The second kappa shape index (κ2) is 6.78. The molecule has 0 atom stereocenters. The lowest BCUT2D eigenvalue weighted by molar-refractivity contribution is 0.0987. The highest BCUT2D eigenvalue weighted by molar-refractivity contribution is 6.04. The Labute approximate surface area is 122 Å². The Morgan fingerprint density at radius 2 is 2.05 bits per heavy atom. The number of amides is 1. The second-order valence-electron chi connectivity index (χ2n) is 4.53. The van der Waals surface area contributed by atoms with E-state index in [1.165, 1.54) is 36.5 Å². The number of carbonyl (C=O) groups is 1. The minimum atomic E-state index is -0.456. The Balaban J connectivity index is 2.14. The lowest BCUT2D eigenvalue weighted by Crippen LogP contribution is -2.28. The Kier molecular flexibility index (Phi) is 4.81. The predicted molar refractivity (Wildman–Crippen MR) is 79.9 cm³/mol. The van der Waals surface area contributed by atoms with Crippen LogP contribution in [0.3, 0.4) is 0 Å². The highest BCUT2D eigenvalue weighted by atomic mass is 19.1. The summed E-state index contributed by atoms with van der Waals surface area (Å²) in [5, 5.41) is 3.07. The molecule has 2 rings (SSSR count). The number of nitrogens with one attached hydrogen (secondary N) is 1. The van der Waals surface area contributed by atoms with Gasteiger partial charge < -0.3 is 10.2 Å². The van der Waals surface area contributed by atoms with Crippen molar-refractivity contribution in [1.29, 1.82) is 0 Å². The summed E-state index contributed by atoms with van der Waals surface area (Å²) in [7, 11) is 1.51. The molecule has 5 nitrogen and oxygen atoms in total. The lowest BCUT2D eigenvalue weighted by atomic mass is 10.2. The monoisotopic (exact) mass is 288 g/mol. The van der Waals surface area contributed by atoms with Gasteiger partial charge in [-0.3, -0.25) is 4.79 Å². The summed E-state index contributed by atoms with van der Waals surface area (Å²) < 4.78 is 13.7. The number of hydrogen-bond donors (Lipinski definition) is 1. The van der Waals surface area contributed by atoms with E-state index in [2.05, 4.69) is 15.3 Å². The molecule has 2 aromatic rings. The average molecular weight is 288 g/mol. The summed E-state index contributed by atoms with van der Waals surface area (Å²) in [6, 6.07) is 6.09. The average Bonchev–Trinajstić information content (AvgIpc) is 2.52. The largest absolute Gasteiger partial charge is 0.369 e. The van der Waals surface area contributed by atoms with E-state index in [0.717, 1.165) is 13.0 Å². The fourth-order valence-electron chi connectivity index (χ4n) is 1.79. The summed E-state index contributed by atoms with van der Waals surface area (Å²) in [5.74, 6) is -0.251. The molecule has 1 heterocycles. The van der Waals surface area contributed by atoms with Gasteiger partial charge in [0.15, 0.2) is 0 Å². The quantitative estimate of drug-likeness (QED) is 0.919. The SMILES string of the molecule is CCCNc1cnc(C(=O)N(C)c2ccccc2F)cn1. The van der Waals surface area contributed by atoms with Gasteiger partial charge >= 0.3 is 0 Å². The third-order valence-electron chi connectivity index (χ3n) is 2.95. The van der Waals surface area contributed by atoms with E-state index in [1.54, 1.807) is 12.1 Å². The smallest absolute Gasteiger partial charge is 0.278 e. The van der Waals surface area contributed by atoms with Crippen molar-refractivity contribution in [3.05, 3.63) is 48.2 Å². The van der Waals surface area contributed by atoms with Crippen molar-refractivity contribution in [2.75, 3.05) is 23.8 Å². The highest BCUT2D eigenvalue weighted by Crippen LogP contribution is 2.18. The van der Waals surface area contributed by atoms with Gasteiger partial charge in [0.05, 0.1) is 18.1 Å². The molecule has 1 aromatic carbocycles. The molecule has 0 fully saturated rings. The molecule has 0 unspecified atom stereocenters. The van der Waals surface area contributed by atoms with E-state index in [4.69, 9.17) is 0 Å². The molecule has 0 spiro atoms. The zero-order valence-corrected chi connectivity index (χ0v) is 12.0. The van der Waals surface area contributed by atoms with Gasteiger partial charge in [-0.05, 0) is 18.6 Å². The van der Waals surface area contributed by atoms with Crippen LogP contribution in [0.2, 0.25) is 0 Å². The van der Waals surface area contributed by atoms with Crippen LogP contribution in [0.5, 0.6) is 0 Å². The van der Waals surface area contributed by atoms with Gasteiger partial charge in [-0.1, -0.05) is 19.1 Å². The molecule has 0 radical (unpaired) electrons. The molecule has 0 saturated heterocycles. The second-order valence-corrected chi connectivity index (χ2v) is 4.53. The predicted octanol–water partition coefficient (Wildman–Crippen LogP) is 2.71. The number of benzene rings is 1. The molecule has 0 aliphatic carbocycles. The molecule has 110 valence electrons. The van der Waals surface area contributed by atoms with Gasteiger partial charge in [0.2, 0.25) is 0 Å². The molecule has 1 aromatic heterocycles. The van der Waals surface area contributed by atoms with Gasteiger partial charge in [0, 0.05) is 13.6 Å². The van der Waals surface area contributed by atoms with Crippen molar-refractivity contribution in [3.8, 4) is 0 Å². The minimum Gasteiger partial charge on any atom is -0.369 e. The van der Waals surface area contributed by atoms with Crippen LogP contribution in [-0.4, -0.2) is 29.5 Å². The van der Waals surface area contributed by atoms with Gasteiger partial charge in [0.1, 0.15) is 17.3 Å². The fourth-order valence-corrected chi connectivity index (χ4v) is 1.79. The van der Waals surface area contributed by atoms with Crippen LogP contribution in [-0.2, 0) is 0 Å². The van der Waals surface area contributed by atoms with Crippen LogP contribution in [0, 0.1) is 5.82 Å². The summed E-state index contributed by atoms with van der Waals surface area (Å²) in [6.07, 6.45) is 3.86. The van der Waals surface area contributed by atoms with Crippen molar-refractivity contribution in [2.45, 2.75) is 13.3 Å². The highest BCUT2D eigenvalue weighted by Gasteiger charge is 2.17. The maximum Gasteiger partial charge on any atom is 0.278 e. The van der Waals surface area contributed by atoms with E-state index in [0.29, 0.717) is 5.82 Å². The number of anilines is 2. The van der Waals surface area contributed by atoms with E-state index in [-0.39, 0.29) is 11.4 Å². The molecule has 21 heavy (non-hydrogen) atoms. The van der Waals surface area contributed by atoms with Gasteiger partial charge in [-0.25, -0.2) is 14.4 Å². The standard InChI is InChI=1S/C15H17FN4O/c1-3-8-17-14-10-18-12(9-19-14)15(21)20(2)13-7-5-4-6-11(13)16/h4-7,9-10H,3,8H2,1-2H3,(H,17,19). The number of halogens is 1. The summed E-state index contributed by atoms with van der Waals surface area (Å²) in [4.78, 5) is 21.7. The van der Waals surface area contributed by atoms with Gasteiger partial charge in [-0.15, -0.1) is 0 Å². The molecular weight excluding hydrogens is 271 g/mol. The lowest BCUT2D eigenvalue weighted by Gasteiger charge is -2.17. The number of aromatic nitrogens is 2. The van der Waals surface area contributed by atoms with Crippen molar-refractivity contribution in [2.24, 2.45) is 0 Å². The summed E-state index contributed by atoms with van der Waals surface area (Å²) in [6.45, 7) is 2.83. The molecule has 0 aliphatic heterocycles. The zero-order chi connectivity index (χ0) is 15.2. The number of hydrogen-bond acceptors (Lipinski definition) is 4. The maximum absolute atomic E-state index is 13.7. The van der Waals surface area contributed by atoms with Crippen molar-refractivity contribution in [1.82, 2.24) is 9.97 Å². The van der Waals surface area contributed by atoms with E-state index >= 15 is 0 Å². The number of carbonyl (C=O) groups excluding carboxylic acids is 1. The molecule has 0 saturated carbocycles. The van der Waals surface area contributed by atoms with Crippen molar-refractivity contribution in [3.63, 3.8) is 0 Å². The summed E-state index contributed by atoms with van der Waals surface area (Å²) in [5.41, 5.74) is 0.375. The first kappa shape index (κ1) is 14.9. The zero-order valence-electron chi connectivity index (χ0n) is 12.0. The molecule has 6 heteroatoms. The third-order valence-corrected chi connectivity index (χ3v) is 2.95. The Hall–Kier alpha value is -2.50. The van der Waals surface area contributed by atoms with E-state index < -0.39 is 11.7 Å². The van der Waals surface area contributed by atoms with Gasteiger partial charge in [0.25, 0.3) is 5.91 Å². The van der Waals surface area contributed by atoms with Crippen LogP contribution in [0.1, 0.15) is 23.8 Å². The van der Waals surface area contributed by atoms with Crippen LogP contribution in [0.4, 0.5) is 15.9 Å². The molecule has 0 aliphatic rings. The maximum atomic E-state index is 13.7. The number of para-hydroxylation sites is 1. The van der Waals surface area contributed by atoms with Crippen LogP contribution < -0.4 is 10.2 Å². The van der Waals surface area contributed by atoms with Crippen LogP contribution in [0.25, 0.3) is 0 Å². The first-order valence-corrected chi connectivity index (χ1v) is 6.72. The summed E-state index contributed by atoms with van der Waals surface area (Å²) >= 11 is 0. The normalized spacial score (nSPS) is 10.2. The first-order valence-electron chi connectivity index (χ1n) is 6.72. The Bertz CT molecular complexity index is 615. The molecule has 0 bridgehead atoms. The van der Waals surface area contributed by atoms with Crippen molar-refractivity contribution < 1.29 is 9.18 Å². The number of rotatable bonds is 5. The minimum absolute atomic E-state index is 0.169. The fraction of sp³-hybridized carbons (Fsp3) is 0.267. The van der Waals surface area contributed by atoms with Crippen molar-refractivity contribution >= 4 is 17.4 Å². The van der Waals surface area contributed by atoms with Gasteiger partial charge in [-0.2, -0.15) is 0 Å². The Morgan fingerprint density at radius 3 is 2.67 bits per heavy atom.